The Kier molecular flexibility index (Phi) is 6.12. The molecule has 0 aliphatic carbocycles. The summed E-state index contributed by atoms with van der Waals surface area (Å²) in [5, 5.41) is 4.44. The maximum atomic E-state index is 11.9. The van der Waals surface area contributed by atoms with Gasteiger partial charge < -0.3 is 14.0 Å². The first-order chi connectivity index (χ1) is 13.2. The minimum absolute atomic E-state index is 0.180. The van der Waals surface area contributed by atoms with Crippen LogP contribution in [0.1, 0.15) is 5.69 Å². The summed E-state index contributed by atoms with van der Waals surface area (Å²) < 4.78 is 12.5. The fourth-order valence-electron chi connectivity index (χ4n) is 2.39. The summed E-state index contributed by atoms with van der Waals surface area (Å²) in [6.07, 6.45) is 3.48. The predicted molar refractivity (Wildman–Crippen MR) is 105 cm³/mol. The number of nitrogens with zero attached hydrogens (tertiary/aromatic N) is 2. The summed E-state index contributed by atoms with van der Waals surface area (Å²) in [7, 11) is 1.63. The molecule has 1 heterocycles. The molecule has 3 aromatic rings. The monoisotopic (exact) mass is 383 g/mol. The minimum Gasteiger partial charge on any atom is -0.497 e. The molecule has 0 saturated carbocycles. The lowest BCUT2D eigenvalue weighted by atomic mass is 10.3. The Balaban J connectivity index is 1.58. The van der Waals surface area contributed by atoms with Crippen molar-refractivity contribution in [1.82, 2.24) is 9.99 Å². The lowest BCUT2D eigenvalue weighted by Crippen LogP contribution is -2.24. The van der Waals surface area contributed by atoms with Crippen LogP contribution in [-0.2, 0) is 4.79 Å². The third kappa shape index (κ3) is 4.89. The molecule has 2 aromatic carbocycles. The van der Waals surface area contributed by atoms with Crippen LogP contribution in [0, 0.1) is 0 Å². The van der Waals surface area contributed by atoms with Crippen LogP contribution < -0.4 is 14.9 Å². The van der Waals surface area contributed by atoms with Crippen molar-refractivity contribution in [3.63, 3.8) is 0 Å². The largest absolute Gasteiger partial charge is 0.497 e. The lowest BCUT2D eigenvalue weighted by molar-refractivity contribution is -0.123. The number of carbonyl (C=O) groups is 1. The number of rotatable bonds is 7. The number of hydrazone groups is 1. The topological polar surface area (TPSA) is 64.8 Å². The molecule has 0 bridgehead atoms. The average molecular weight is 384 g/mol. The van der Waals surface area contributed by atoms with E-state index in [0.29, 0.717) is 10.8 Å². The quantitative estimate of drug-likeness (QED) is 0.500. The molecule has 7 heteroatoms. The summed E-state index contributed by atoms with van der Waals surface area (Å²) in [6, 6.07) is 18.4. The molecule has 0 unspecified atom stereocenters. The van der Waals surface area contributed by atoms with Gasteiger partial charge in [0.05, 0.1) is 24.0 Å². The highest BCUT2D eigenvalue weighted by Crippen LogP contribution is 2.22. The van der Waals surface area contributed by atoms with Gasteiger partial charge in [-0.25, -0.2) is 5.43 Å². The van der Waals surface area contributed by atoms with E-state index in [-0.39, 0.29) is 12.5 Å². The number of nitrogens with one attached hydrogen (secondary N) is 1. The van der Waals surface area contributed by atoms with Crippen molar-refractivity contribution < 1.29 is 14.3 Å². The predicted octanol–water partition coefficient (Wildman–Crippen LogP) is 3.67. The molecule has 0 saturated heterocycles. The van der Waals surface area contributed by atoms with Crippen LogP contribution >= 0.6 is 11.6 Å². The number of carbonyl (C=O) groups excluding carboxylic acids is 1. The van der Waals surface area contributed by atoms with Crippen LogP contribution in [0.5, 0.6) is 11.5 Å². The van der Waals surface area contributed by atoms with Crippen LogP contribution in [0.4, 0.5) is 0 Å². The second-order valence-electron chi connectivity index (χ2n) is 5.51. The Morgan fingerprint density at radius 1 is 1.15 bits per heavy atom. The highest BCUT2D eigenvalue weighted by atomic mass is 35.5. The number of halogens is 1. The Morgan fingerprint density at radius 3 is 2.67 bits per heavy atom. The Morgan fingerprint density at radius 2 is 1.93 bits per heavy atom. The van der Waals surface area contributed by atoms with Crippen LogP contribution in [0.2, 0.25) is 5.02 Å². The number of methoxy groups -OCH3 is 1. The first-order valence-electron chi connectivity index (χ1n) is 8.18. The third-order valence-electron chi connectivity index (χ3n) is 3.71. The molecule has 138 valence electrons. The molecule has 0 spiro atoms. The molecule has 0 fully saturated rings. The molecule has 1 N–H and O–H groups in total. The van der Waals surface area contributed by atoms with E-state index in [1.807, 2.05) is 47.2 Å². The zero-order valence-corrected chi connectivity index (χ0v) is 15.4. The standard InChI is InChI=1S/C20H18ClN3O3/c1-26-17-10-8-15(9-11-17)24-12-4-5-16(24)13-22-23-20(25)14-27-19-7-3-2-6-18(19)21/h2-13H,14H2,1H3,(H,23,25)/b22-13+. The molecule has 1 amide bonds. The highest BCUT2D eigenvalue weighted by Gasteiger charge is 2.05. The second kappa shape index (κ2) is 8.91. The fraction of sp³-hybridized carbons (Fsp3) is 0.100. The van der Waals surface area contributed by atoms with E-state index in [9.17, 15) is 4.79 Å². The summed E-state index contributed by atoms with van der Waals surface area (Å²) in [6.45, 7) is -0.180. The molecule has 0 atom stereocenters. The number of hydrogen-bond donors (Lipinski definition) is 1. The van der Waals surface area contributed by atoms with E-state index in [4.69, 9.17) is 21.1 Å². The third-order valence-corrected chi connectivity index (χ3v) is 4.02. The smallest absolute Gasteiger partial charge is 0.277 e. The maximum Gasteiger partial charge on any atom is 0.277 e. The molecule has 0 aliphatic heterocycles. The number of hydrogen-bond acceptors (Lipinski definition) is 4. The fourth-order valence-corrected chi connectivity index (χ4v) is 2.58. The van der Waals surface area contributed by atoms with Crippen molar-refractivity contribution in [2.24, 2.45) is 5.10 Å². The summed E-state index contributed by atoms with van der Waals surface area (Å²) in [5.41, 5.74) is 4.20. The molecular weight excluding hydrogens is 366 g/mol. The SMILES string of the molecule is COc1ccc(-n2cccc2/C=N/NC(=O)COc2ccccc2Cl)cc1. The normalized spacial score (nSPS) is 10.7. The van der Waals surface area contributed by atoms with Crippen LogP contribution in [-0.4, -0.2) is 30.4 Å². The number of benzene rings is 2. The Hall–Kier alpha value is -3.25. The van der Waals surface area contributed by atoms with E-state index < -0.39 is 0 Å². The van der Waals surface area contributed by atoms with Crippen LogP contribution in [0.15, 0.2) is 72.0 Å². The number of aromatic nitrogens is 1. The van der Waals surface area contributed by atoms with Gasteiger partial charge in [0.1, 0.15) is 11.5 Å². The molecule has 3 rings (SSSR count). The van der Waals surface area contributed by atoms with Crippen molar-refractivity contribution in [3.8, 4) is 17.2 Å². The van der Waals surface area contributed by atoms with Gasteiger partial charge in [-0.3, -0.25) is 4.79 Å². The summed E-state index contributed by atoms with van der Waals surface area (Å²) in [4.78, 5) is 11.9. The van der Waals surface area contributed by atoms with Gasteiger partial charge in [0.2, 0.25) is 0 Å². The van der Waals surface area contributed by atoms with E-state index >= 15 is 0 Å². The second-order valence-corrected chi connectivity index (χ2v) is 5.92. The van der Waals surface area contributed by atoms with Crippen LogP contribution in [0.3, 0.4) is 0 Å². The van der Waals surface area contributed by atoms with Crippen molar-refractivity contribution in [2.45, 2.75) is 0 Å². The van der Waals surface area contributed by atoms with E-state index in [0.717, 1.165) is 17.1 Å². The zero-order valence-electron chi connectivity index (χ0n) is 14.6. The van der Waals surface area contributed by atoms with E-state index in [1.165, 1.54) is 0 Å². The van der Waals surface area contributed by atoms with E-state index in [2.05, 4.69) is 10.5 Å². The van der Waals surface area contributed by atoms with Gasteiger partial charge in [0, 0.05) is 11.9 Å². The number of amides is 1. The van der Waals surface area contributed by atoms with Crippen molar-refractivity contribution in [2.75, 3.05) is 13.7 Å². The molecule has 1 aromatic heterocycles. The molecule has 27 heavy (non-hydrogen) atoms. The molecule has 0 radical (unpaired) electrons. The minimum atomic E-state index is -0.381. The average Bonchev–Trinajstić information content (AvgIpc) is 3.16. The Labute approximate surface area is 162 Å². The van der Waals surface area contributed by atoms with Gasteiger partial charge in [-0.1, -0.05) is 23.7 Å². The van der Waals surface area contributed by atoms with Gasteiger partial charge in [-0.05, 0) is 48.5 Å². The first kappa shape index (κ1) is 18.5. The zero-order chi connectivity index (χ0) is 19.1. The van der Waals surface area contributed by atoms with E-state index in [1.54, 1.807) is 37.6 Å². The van der Waals surface area contributed by atoms with Crippen molar-refractivity contribution >= 4 is 23.7 Å². The summed E-state index contributed by atoms with van der Waals surface area (Å²) in [5.74, 6) is 0.854. The van der Waals surface area contributed by atoms with Crippen LogP contribution in [0.25, 0.3) is 5.69 Å². The van der Waals surface area contributed by atoms with Gasteiger partial charge in [0.25, 0.3) is 5.91 Å². The summed E-state index contributed by atoms with van der Waals surface area (Å²) >= 11 is 5.98. The lowest BCUT2D eigenvalue weighted by Gasteiger charge is -2.08. The number of para-hydroxylation sites is 1. The number of ether oxygens (including phenoxy) is 2. The van der Waals surface area contributed by atoms with Crippen molar-refractivity contribution in [3.05, 3.63) is 77.6 Å². The first-order valence-corrected chi connectivity index (χ1v) is 8.56. The molecule has 6 nitrogen and oxygen atoms in total. The van der Waals surface area contributed by atoms with Crippen molar-refractivity contribution in [1.29, 1.82) is 0 Å². The van der Waals surface area contributed by atoms with Gasteiger partial charge in [-0.2, -0.15) is 5.10 Å². The van der Waals surface area contributed by atoms with Gasteiger partial charge >= 0.3 is 0 Å². The highest BCUT2D eigenvalue weighted by molar-refractivity contribution is 6.32. The maximum absolute atomic E-state index is 11.9. The van der Waals surface area contributed by atoms with Gasteiger partial charge in [-0.15, -0.1) is 0 Å². The molecule has 0 aliphatic rings. The van der Waals surface area contributed by atoms with Gasteiger partial charge in [0.15, 0.2) is 6.61 Å². The Bertz CT molecular complexity index is 936. The molecular formula is C20H18ClN3O3.